The Bertz CT molecular complexity index is 127. The number of nitrogens with zero attached hydrogens (tertiary/aromatic N) is 1. The number of halogens is 1. The van der Waals surface area contributed by atoms with E-state index in [1.807, 2.05) is 0 Å². The van der Waals surface area contributed by atoms with Gasteiger partial charge in [0, 0.05) is 13.0 Å². The molecular formula is C7H21ClN3NaO2. The van der Waals surface area contributed by atoms with Crippen molar-refractivity contribution in [1.82, 2.24) is 0 Å². The van der Waals surface area contributed by atoms with Crippen LogP contribution in [-0.4, -0.2) is 79.5 Å². The normalized spacial score (nSPS) is 8.57. The summed E-state index contributed by atoms with van der Waals surface area (Å²) in [4.78, 5) is 9.00. The summed E-state index contributed by atoms with van der Waals surface area (Å²) >= 11 is 0. The molecule has 0 spiro atoms. The summed E-state index contributed by atoms with van der Waals surface area (Å²) in [6, 6.07) is -0.833. The van der Waals surface area contributed by atoms with Crippen molar-refractivity contribution in [2.24, 2.45) is 11.5 Å². The zero-order valence-electron chi connectivity index (χ0n) is 8.46. The fraction of sp³-hybridized carbons (Fsp3) is 0.857. The van der Waals surface area contributed by atoms with E-state index in [2.05, 4.69) is 32.6 Å². The molecule has 0 aromatic rings. The molecule has 2 amide bonds. The Labute approximate surface area is 114 Å². The number of urea groups is 1. The molecule has 0 unspecified atom stereocenters. The Morgan fingerprint density at radius 2 is 1.57 bits per heavy atom. The average molecular weight is 238 g/mol. The number of carbonyl (C=O) groups excluding carboxylic acids is 1. The first-order valence-electron chi connectivity index (χ1n) is 3.76. The number of rotatable bonds is 3. The monoisotopic (exact) mass is 237 g/mol. The van der Waals surface area contributed by atoms with Gasteiger partial charge in [0.25, 0.3) is 0 Å². The fourth-order valence-corrected chi connectivity index (χ4v) is 0.545. The Morgan fingerprint density at radius 3 is 1.64 bits per heavy atom. The first kappa shape index (κ1) is 24.0. The van der Waals surface area contributed by atoms with Gasteiger partial charge in [-0.3, -0.25) is 0 Å². The van der Waals surface area contributed by atoms with E-state index < -0.39 is 6.03 Å². The standard InChI is InChI=1S/C6H16NO.CH4N2O.ClH.Na.H/c1-7(2,3)5-4-6-8;2-1(3)4;;;/h8H,4-6H2,1-3H3;(H4,2,3,4);1H;;/q+1;;;;/p-1. The topological polar surface area (TPSA) is 89.3 Å². The molecule has 7 heteroatoms. The molecule has 0 aromatic heterocycles. The van der Waals surface area contributed by atoms with E-state index in [0.717, 1.165) is 17.4 Å². The van der Waals surface area contributed by atoms with Crippen LogP contribution in [0.4, 0.5) is 4.79 Å². The molecule has 0 aliphatic carbocycles. The summed E-state index contributed by atoms with van der Waals surface area (Å²) in [6.45, 7) is 1.37. The van der Waals surface area contributed by atoms with Crippen molar-refractivity contribution in [1.29, 1.82) is 0 Å². The molecule has 0 radical (unpaired) electrons. The van der Waals surface area contributed by atoms with Crippen LogP contribution in [0.1, 0.15) is 6.42 Å². The van der Waals surface area contributed by atoms with E-state index in [9.17, 15) is 0 Å². The molecule has 5 N–H and O–H groups in total. The second-order valence-electron chi connectivity index (χ2n) is 3.49. The van der Waals surface area contributed by atoms with E-state index in [4.69, 9.17) is 9.90 Å². The van der Waals surface area contributed by atoms with Gasteiger partial charge in [0.05, 0.1) is 27.7 Å². The van der Waals surface area contributed by atoms with E-state index in [-0.39, 0.29) is 42.0 Å². The number of aliphatic hydroxyl groups is 1. The molecule has 14 heavy (non-hydrogen) atoms. The first-order valence-corrected chi connectivity index (χ1v) is 3.76. The number of nitrogens with two attached hydrogens (primary N) is 2. The van der Waals surface area contributed by atoms with Crippen molar-refractivity contribution >= 4 is 35.6 Å². The van der Waals surface area contributed by atoms with Crippen LogP contribution in [-0.2, 0) is 0 Å². The third-order valence-electron chi connectivity index (χ3n) is 0.987. The van der Waals surface area contributed by atoms with Crippen molar-refractivity contribution in [3.05, 3.63) is 0 Å². The Hall–Kier alpha value is 0.480. The molecule has 0 aromatic carbocycles. The van der Waals surface area contributed by atoms with Crippen LogP contribution in [0, 0.1) is 0 Å². The summed E-state index contributed by atoms with van der Waals surface area (Å²) in [7, 11) is 6.36. The molecule has 5 nitrogen and oxygen atoms in total. The van der Waals surface area contributed by atoms with E-state index in [1.54, 1.807) is 0 Å². The number of carbonyl (C=O) groups is 1. The zero-order chi connectivity index (χ0) is 10.2. The molecule has 0 atom stereocenters. The second-order valence-corrected chi connectivity index (χ2v) is 3.49. The number of hydrogen-bond acceptors (Lipinski definition) is 2. The number of amides is 2. The van der Waals surface area contributed by atoms with Gasteiger partial charge < -0.3 is 33.5 Å². The predicted octanol–water partition coefficient (Wildman–Crippen LogP) is -4.55. The van der Waals surface area contributed by atoms with E-state index in [1.165, 1.54) is 0 Å². The van der Waals surface area contributed by atoms with Gasteiger partial charge in [-0.15, -0.1) is 0 Å². The maximum atomic E-state index is 9.00. The van der Waals surface area contributed by atoms with Gasteiger partial charge in [0.2, 0.25) is 0 Å². The maximum absolute atomic E-state index is 9.00. The number of hydrogen-bond donors (Lipinski definition) is 3. The molecule has 0 aliphatic rings. The van der Waals surface area contributed by atoms with Crippen LogP contribution >= 0.6 is 0 Å². The van der Waals surface area contributed by atoms with Crippen molar-refractivity contribution in [3.8, 4) is 0 Å². The summed E-state index contributed by atoms with van der Waals surface area (Å²) in [5.74, 6) is 0. The molecule has 0 fully saturated rings. The minimum atomic E-state index is -0.833. The van der Waals surface area contributed by atoms with Gasteiger partial charge in [0.15, 0.2) is 0 Å². The van der Waals surface area contributed by atoms with Crippen molar-refractivity contribution < 1.29 is 26.8 Å². The average Bonchev–Trinajstić information content (AvgIpc) is 1.80. The summed E-state index contributed by atoms with van der Waals surface area (Å²) in [5.41, 5.74) is 8.50. The molecule has 0 saturated heterocycles. The van der Waals surface area contributed by atoms with Gasteiger partial charge in [-0.2, -0.15) is 0 Å². The van der Waals surface area contributed by atoms with Crippen LogP contribution in [0.15, 0.2) is 0 Å². The molecule has 0 heterocycles. The predicted molar refractivity (Wildman–Crippen MR) is 55.5 cm³/mol. The van der Waals surface area contributed by atoms with Crippen LogP contribution in [0.25, 0.3) is 0 Å². The molecular weight excluding hydrogens is 217 g/mol. The Kier molecular flexibility index (Phi) is 23.1. The van der Waals surface area contributed by atoms with Gasteiger partial charge in [0.1, 0.15) is 0 Å². The van der Waals surface area contributed by atoms with Gasteiger partial charge >= 0.3 is 35.6 Å². The zero-order valence-corrected chi connectivity index (χ0v) is 9.21. The fourth-order valence-electron chi connectivity index (χ4n) is 0.545. The van der Waals surface area contributed by atoms with Crippen LogP contribution in [0.5, 0.6) is 0 Å². The SMILES string of the molecule is C[N+](C)(C)CCCO.NC(N)=O.[Cl-].[NaH]. The van der Waals surface area contributed by atoms with Crippen LogP contribution in [0.3, 0.4) is 0 Å². The van der Waals surface area contributed by atoms with E-state index >= 15 is 0 Å². The minimum absolute atomic E-state index is 0. The molecule has 0 rings (SSSR count). The molecule has 0 aliphatic heterocycles. The van der Waals surface area contributed by atoms with Gasteiger partial charge in [-0.1, -0.05) is 0 Å². The summed E-state index contributed by atoms with van der Waals surface area (Å²) < 4.78 is 0.945. The summed E-state index contributed by atoms with van der Waals surface area (Å²) in [5, 5.41) is 8.42. The molecule has 84 valence electrons. The third-order valence-corrected chi connectivity index (χ3v) is 0.987. The van der Waals surface area contributed by atoms with Gasteiger partial charge in [-0.05, 0) is 0 Å². The van der Waals surface area contributed by atoms with Crippen molar-refractivity contribution in [2.75, 3.05) is 34.3 Å². The van der Waals surface area contributed by atoms with Gasteiger partial charge in [-0.25, -0.2) is 4.79 Å². The Morgan fingerprint density at radius 1 is 1.29 bits per heavy atom. The van der Waals surface area contributed by atoms with E-state index in [0.29, 0.717) is 6.61 Å². The molecule has 0 bridgehead atoms. The van der Waals surface area contributed by atoms with Crippen LogP contribution in [0.2, 0.25) is 0 Å². The third kappa shape index (κ3) is 54.8. The second kappa shape index (κ2) is 13.5. The number of quaternary nitrogens is 1. The van der Waals surface area contributed by atoms with Crippen LogP contribution < -0.4 is 23.9 Å². The summed E-state index contributed by atoms with van der Waals surface area (Å²) in [6.07, 6.45) is 0.906. The number of primary amides is 2. The quantitative estimate of drug-likeness (QED) is 0.341. The van der Waals surface area contributed by atoms with Crippen molar-refractivity contribution in [3.63, 3.8) is 0 Å². The Balaban J connectivity index is -0.0000000733. The van der Waals surface area contributed by atoms with Crippen molar-refractivity contribution in [2.45, 2.75) is 6.42 Å². The number of aliphatic hydroxyl groups excluding tert-OH is 1. The first-order chi connectivity index (χ1) is 5.29. The molecule has 0 saturated carbocycles.